The molecule has 1 aromatic rings. The summed E-state index contributed by atoms with van der Waals surface area (Å²) in [6, 6.07) is 10.2. The van der Waals surface area contributed by atoms with Crippen LogP contribution in [0.1, 0.15) is 25.8 Å². The SMILES string of the molecule is CC1NC2(CC(C)N(Cc3ccccc3)C2)C(=O)NC1=O. The van der Waals surface area contributed by atoms with E-state index in [9.17, 15) is 9.59 Å². The van der Waals surface area contributed by atoms with Gasteiger partial charge in [-0.25, -0.2) is 0 Å². The molecule has 0 aromatic heterocycles. The third-order valence-electron chi connectivity index (χ3n) is 4.53. The van der Waals surface area contributed by atoms with Crippen LogP contribution in [-0.2, 0) is 16.1 Å². The van der Waals surface area contributed by atoms with Gasteiger partial charge in [-0.1, -0.05) is 30.3 Å². The van der Waals surface area contributed by atoms with E-state index in [0.29, 0.717) is 12.6 Å². The Bertz CT molecular complexity index is 560. The molecular weight excluding hydrogens is 266 g/mol. The van der Waals surface area contributed by atoms with Crippen molar-refractivity contribution in [1.82, 2.24) is 15.5 Å². The van der Waals surface area contributed by atoms with Crippen LogP contribution in [0, 0.1) is 0 Å². The Morgan fingerprint density at radius 3 is 2.67 bits per heavy atom. The first-order valence-corrected chi connectivity index (χ1v) is 7.41. The van der Waals surface area contributed by atoms with Crippen LogP contribution in [-0.4, -0.2) is 40.9 Å². The van der Waals surface area contributed by atoms with Gasteiger partial charge in [0.05, 0.1) is 6.04 Å². The minimum Gasteiger partial charge on any atom is -0.294 e. The second-order valence-electron chi connectivity index (χ2n) is 6.21. The molecule has 3 atom stereocenters. The zero-order valence-electron chi connectivity index (χ0n) is 12.4. The van der Waals surface area contributed by atoms with Gasteiger partial charge in [-0.15, -0.1) is 0 Å². The molecule has 112 valence electrons. The van der Waals surface area contributed by atoms with Crippen LogP contribution >= 0.6 is 0 Å². The minimum atomic E-state index is -0.637. The number of hydrogen-bond acceptors (Lipinski definition) is 4. The largest absolute Gasteiger partial charge is 0.294 e. The number of likely N-dealkylation sites (tertiary alicyclic amines) is 1. The predicted molar refractivity (Wildman–Crippen MR) is 79.4 cm³/mol. The number of nitrogens with zero attached hydrogens (tertiary/aromatic N) is 1. The molecule has 0 radical (unpaired) electrons. The molecule has 2 heterocycles. The second kappa shape index (κ2) is 5.24. The van der Waals surface area contributed by atoms with Crippen molar-refractivity contribution in [2.75, 3.05) is 6.54 Å². The first-order chi connectivity index (χ1) is 10.00. The number of carbonyl (C=O) groups excluding carboxylic acids is 2. The fourth-order valence-corrected chi connectivity index (χ4v) is 3.38. The van der Waals surface area contributed by atoms with Crippen LogP contribution in [0.5, 0.6) is 0 Å². The normalized spacial score (nSPS) is 33.4. The van der Waals surface area contributed by atoms with Crippen molar-refractivity contribution < 1.29 is 9.59 Å². The van der Waals surface area contributed by atoms with Crippen molar-refractivity contribution in [3.63, 3.8) is 0 Å². The molecule has 2 aliphatic rings. The molecule has 5 heteroatoms. The summed E-state index contributed by atoms with van der Waals surface area (Å²) in [7, 11) is 0. The molecule has 21 heavy (non-hydrogen) atoms. The Hall–Kier alpha value is -1.72. The maximum Gasteiger partial charge on any atom is 0.248 e. The van der Waals surface area contributed by atoms with E-state index >= 15 is 0 Å². The number of amides is 2. The molecule has 3 unspecified atom stereocenters. The average Bonchev–Trinajstić information content (AvgIpc) is 2.75. The zero-order valence-corrected chi connectivity index (χ0v) is 12.4. The number of rotatable bonds is 2. The van der Waals surface area contributed by atoms with Gasteiger partial charge in [-0.3, -0.25) is 25.1 Å². The molecule has 0 saturated carbocycles. The van der Waals surface area contributed by atoms with E-state index in [2.05, 4.69) is 34.6 Å². The molecule has 0 bridgehead atoms. The highest BCUT2D eigenvalue weighted by atomic mass is 16.2. The van der Waals surface area contributed by atoms with E-state index in [-0.39, 0.29) is 17.9 Å². The van der Waals surface area contributed by atoms with Crippen molar-refractivity contribution in [1.29, 1.82) is 0 Å². The Labute approximate surface area is 124 Å². The molecule has 2 aliphatic heterocycles. The van der Waals surface area contributed by atoms with E-state index in [1.807, 2.05) is 18.2 Å². The van der Waals surface area contributed by atoms with Crippen molar-refractivity contribution in [3.8, 4) is 0 Å². The second-order valence-corrected chi connectivity index (χ2v) is 6.21. The number of hydrogen-bond donors (Lipinski definition) is 2. The number of imide groups is 1. The Kier molecular flexibility index (Phi) is 3.55. The van der Waals surface area contributed by atoms with Gasteiger partial charge >= 0.3 is 0 Å². The van der Waals surface area contributed by atoms with Gasteiger partial charge in [0, 0.05) is 19.1 Å². The van der Waals surface area contributed by atoms with Crippen molar-refractivity contribution in [2.45, 2.75) is 44.4 Å². The highest BCUT2D eigenvalue weighted by molar-refractivity contribution is 6.05. The molecule has 2 N–H and O–H groups in total. The van der Waals surface area contributed by atoms with Gasteiger partial charge < -0.3 is 0 Å². The van der Waals surface area contributed by atoms with E-state index in [1.165, 1.54) is 5.56 Å². The molecule has 2 saturated heterocycles. The maximum absolute atomic E-state index is 12.3. The topological polar surface area (TPSA) is 61.4 Å². The van der Waals surface area contributed by atoms with Gasteiger partial charge in [0.15, 0.2) is 0 Å². The standard InChI is InChI=1S/C16H21N3O2/c1-11-8-16(15(21)17-14(20)12(2)18-16)10-19(11)9-13-6-4-3-5-7-13/h3-7,11-12,18H,8-10H2,1-2H3,(H,17,20,21). The third-order valence-corrected chi connectivity index (χ3v) is 4.53. The van der Waals surface area contributed by atoms with Gasteiger partial charge in [0.2, 0.25) is 11.8 Å². The summed E-state index contributed by atoms with van der Waals surface area (Å²) in [6.45, 7) is 5.38. The summed E-state index contributed by atoms with van der Waals surface area (Å²) in [5.41, 5.74) is 0.600. The highest BCUT2D eigenvalue weighted by Crippen LogP contribution is 2.30. The van der Waals surface area contributed by atoms with Gasteiger partial charge in [0.1, 0.15) is 5.54 Å². The Morgan fingerprint density at radius 2 is 1.95 bits per heavy atom. The number of piperazine rings is 1. The molecule has 2 amide bonds. The summed E-state index contributed by atoms with van der Waals surface area (Å²) < 4.78 is 0. The minimum absolute atomic E-state index is 0.187. The van der Waals surface area contributed by atoms with Crippen LogP contribution in [0.25, 0.3) is 0 Å². The van der Waals surface area contributed by atoms with Gasteiger partial charge in [-0.2, -0.15) is 0 Å². The lowest BCUT2D eigenvalue weighted by Crippen LogP contribution is -2.69. The summed E-state index contributed by atoms with van der Waals surface area (Å²) in [4.78, 5) is 26.2. The zero-order chi connectivity index (χ0) is 15.0. The first kappa shape index (κ1) is 14.2. The summed E-state index contributed by atoms with van der Waals surface area (Å²) in [5, 5.41) is 5.73. The van der Waals surface area contributed by atoms with E-state index in [1.54, 1.807) is 6.92 Å². The molecule has 5 nitrogen and oxygen atoms in total. The van der Waals surface area contributed by atoms with Crippen molar-refractivity contribution >= 4 is 11.8 Å². The lowest BCUT2D eigenvalue weighted by Gasteiger charge is -2.36. The molecule has 2 fully saturated rings. The molecular formula is C16H21N3O2. The molecule has 1 spiro atoms. The quantitative estimate of drug-likeness (QED) is 0.784. The third kappa shape index (κ3) is 2.59. The number of benzene rings is 1. The Morgan fingerprint density at radius 1 is 1.24 bits per heavy atom. The lowest BCUT2D eigenvalue weighted by molar-refractivity contribution is -0.140. The molecule has 0 aliphatic carbocycles. The van der Waals surface area contributed by atoms with Crippen LogP contribution in [0.2, 0.25) is 0 Å². The Balaban J connectivity index is 1.76. The van der Waals surface area contributed by atoms with Gasteiger partial charge in [0.25, 0.3) is 0 Å². The number of nitrogens with one attached hydrogen (secondary N) is 2. The summed E-state index contributed by atoms with van der Waals surface area (Å²) in [5.74, 6) is -0.423. The fourth-order valence-electron chi connectivity index (χ4n) is 3.38. The van der Waals surface area contributed by atoms with E-state index in [4.69, 9.17) is 0 Å². The maximum atomic E-state index is 12.3. The molecule has 3 rings (SSSR count). The number of carbonyl (C=O) groups is 2. The van der Waals surface area contributed by atoms with Crippen molar-refractivity contribution in [2.24, 2.45) is 0 Å². The first-order valence-electron chi connectivity index (χ1n) is 7.41. The van der Waals surface area contributed by atoms with Crippen LogP contribution in [0.15, 0.2) is 30.3 Å². The average molecular weight is 287 g/mol. The van der Waals surface area contributed by atoms with Crippen LogP contribution in [0.3, 0.4) is 0 Å². The highest BCUT2D eigenvalue weighted by Gasteiger charge is 2.51. The summed E-state index contributed by atoms with van der Waals surface area (Å²) in [6.07, 6.45) is 0.725. The summed E-state index contributed by atoms with van der Waals surface area (Å²) >= 11 is 0. The smallest absolute Gasteiger partial charge is 0.248 e. The predicted octanol–water partition coefficient (Wildman–Crippen LogP) is 0.654. The fraction of sp³-hybridized carbons (Fsp3) is 0.500. The van der Waals surface area contributed by atoms with Crippen LogP contribution in [0.4, 0.5) is 0 Å². The lowest BCUT2D eigenvalue weighted by atomic mass is 9.91. The van der Waals surface area contributed by atoms with Gasteiger partial charge in [-0.05, 0) is 25.8 Å². The van der Waals surface area contributed by atoms with Crippen LogP contribution < -0.4 is 10.6 Å². The van der Waals surface area contributed by atoms with E-state index < -0.39 is 5.54 Å². The van der Waals surface area contributed by atoms with Crippen molar-refractivity contribution in [3.05, 3.63) is 35.9 Å². The monoisotopic (exact) mass is 287 g/mol. The molecule has 1 aromatic carbocycles. The van der Waals surface area contributed by atoms with E-state index in [0.717, 1.165) is 13.0 Å².